The Labute approximate surface area is 275 Å². The Hall–Kier alpha value is -2.30. The zero-order valence-corrected chi connectivity index (χ0v) is 28.6. The van der Waals surface area contributed by atoms with Crippen molar-refractivity contribution in [1.29, 1.82) is 0 Å². The van der Waals surface area contributed by atoms with Crippen molar-refractivity contribution in [3.05, 3.63) is 49.6 Å². The number of ether oxygens (including phenoxy) is 1. The molecule has 6 atom stereocenters. The van der Waals surface area contributed by atoms with Crippen molar-refractivity contribution >= 4 is 51.1 Å². The second-order valence-corrected chi connectivity index (χ2v) is 14.6. The van der Waals surface area contributed by atoms with Gasteiger partial charge in [-0.15, -0.1) is 24.9 Å². The SMILES string of the molecule is C=CCN(CCCC)C(=O)C1N(CCCCCCO)C(=O)[C@@H]2[C@H](C(=O)N(CC=C)c3ccc(OCC)cc3)[C@H]3SC12CC3Br. The summed E-state index contributed by atoms with van der Waals surface area (Å²) in [6.45, 7) is 14.3. The summed E-state index contributed by atoms with van der Waals surface area (Å²) in [5, 5.41) is 9.10. The number of aliphatic hydroxyl groups is 1. The Morgan fingerprint density at radius 2 is 1.80 bits per heavy atom. The first kappa shape index (κ1) is 34.6. The van der Waals surface area contributed by atoms with Gasteiger partial charge in [-0.1, -0.05) is 54.3 Å². The summed E-state index contributed by atoms with van der Waals surface area (Å²) < 4.78 is 4.92. The molecule has 3 aliphatic rings. The molecule has 10 heteroatoms. The van der Waals surface area contributed by atoms with Crippen LogP contribution in [0.5, 0.6) is 5.75 Å². The number of benzene rings is 1. The molecule has 1 N–H and O–H groups in total. The molecule has 3 aliphatic heterocycles. The van der Waals surface area contributed by atoms with Crippen molar-refractivity contribution in [3.8, 4) is 5.75 Å². The minimum Gasteiger partial charge on any atom is -0.494 e. The lowest BCUT2D eigenvalue weighted by Crippen LogP contribution is -2.56. The number of hydrogen-bond acceptors (Lipinski definition) is 6. The highest BCUT2D eigenvalue weighted by atomic mass is 79.9. The fraction of sp³-hybridized carbons (Fsp3) is 0.618. The van der Waals surface area contributed by atoms with Crippen LogP contribution in [0.4, 0.5) is 5.69 Å². The number of likely N-dealkylation sites (tertiary alicyclic amines) is 1. The average molecular weight is 691 g/mol. The number of unbranched alkanes of at least 4 members (excludes halogenated alkanes) is 4. The van der Waals surface area contributed by atoms with Crippen LogP contribution in [0.1, 0.15) is 58.8 Å². The van der Waals surface area contributed by atoms with Gasteiger partial charge >= 0.3 is 0 Å². The van der Waals surface area contributed by atoms with Crippen LogP contribution in [0.2, 0.25) is 0 Å². The molecule has 0 radical (unpaired) electrons. The van der Waals surface area contributed by atoms with E-state index in [-0.39, 0.29) is 34.4 Å². The standard InChI is InChI=1S/C34H48BrN3O5S/c1-5-9-20-36(18-6-2)33(42)30-34-23-26(35)29(44-34)27(28(34)32(41)38(30)21-12-10-11-13-22-39)31(40)37(19-7-3)24-14-16-25(17-15-24)43-8-4/h6-7,14-17,26-30,39H,2-3,5,8-13,18-23H2,1,4H3/t26?,27-,28-,29-,30?,34?/m0/s1. The number of aliphatic hydroxyl groups excluding tert-OH is 1. The van der Waals surface area contributed by atoms with Crippen LogP contribution in [0.3, 0.4) is 0 Å². The summed E-state index contributed by atoms with van der Waals surface area (Å²) in [6.07, 6.45) is 9.12. The number of carbonyl (C=O) groups is 3. The number of carbonyl (C=O) groups excluding carboxylic acids is 3. The Kier molecular flexibility index (Phi) is 12.4. The molecular weight excluding hydrogens is 642 g/mol. The van der Waals surface area contributed by atoms with Crippen molar-refractivity contribution in [3.63, 3.8) is 0 Å². The first-order valence-electron chi connectivity index (χ1n) is 16.1. The maximum atomic E-state index is 14.6. The summed E-state index contributed by atoms with van der Waals surface area (Å²) in [7, 11) is 0. The zero-order valence-electron chi connectivity index (χ0n) is 26.2. The number of nitrogens with zero attached hydrogens (tertiary/aromatic N) is 3. The fourth-order valence-electron chi connectivity index (χ4n) is 7.17. The average Bonchev–Trinajstić information content (AvgIpc) is 3.61. The maximum absolute atomic E-state index is 14.6. The van der Waals surface area contributed by atoms with E-state index in [0.717, 1.165) is 50.0 Å². The third-order valence-corrected chi connectivity index (χ3v) is 12.3. The van der Waals surface area contributed by atoms with E-state index in [1.54, 1.807) is 33.7 Å². The zero-order chi connectivity index (χ0) is 31.9. The normalized spacial score (nSPS) is 26.9. The van der Waals surface area contributed by atoms with E-state index in [1.807, 2.05) is 36.1 Å². The number of alkyl halides is 1. The van der Waals surface area contributed by atoms with Gasteiger partial charge in [0.15, 0.2) is 0 Å². The number of anilines is 1. The highest BCUT2D eigenvalue weighted by Crippen LogP contribution is 2.68. The number of thioether (sulfide) groups is 1. The second kappa shape index (κ2) is 15.8. The highest BCUT2D eigenvalue weighted by Gasteiger charge is 2.76. The van der Waals surface area contributed by atoms with Crippen LogP contribution in [0.25, 0.3) is 0 Å². The van der Waals surface area contributed by atoms with E-state index < -0.39 is 22.6 Å². The summed E-state index contributed by atoms with van der Waals surface area (Å²) >= 11 is 5.57. The predicted molar refractivity (Wildman–Crippen MR) is 181 cm³/mol. The second-order valence-electron chi connectivity index (χ2n) is 11.9. The molecule has 44 heavy (non-hydrogen) atoms. The molecule has 3 unspecified atom stereocenters. The Morgan fingerprint density at radius 1 is 1.09 bits per heavy atom. The molecular formula is C34H48BrN3O5S. The smallest absolute Gasteiger partial charge is 0.247 e. The summed E-state index contributed by atoms with van der Waals surface area (Å²) in [5.74, 6) is -0.669. The predicted octanol–water partition coefficient (Wildman–Crippen LogP) is 5.44. The van der Waals surface area contributed by atoms with Gasteiger partial charge in [-0.05, 0) is 56.9 Å². The lowest BCUT2D eigenvalue weighted by atomic mass is 9.70. The third kappa shape index (κ3) is 6.77. The lowest BCUT2D eigenvalue weighted by Gasteiger charge is -2.38. The molecule has 2 bridgehead atoms. The van der Waals surface area contributed by atoms with Crippen molar-refractivity contribution in [2.24, 2.45) is 11.8 Å². The van der Waals surface area contributed by atoms with Crippen LogP contribution in [-0.2, 0) is 14.4 Å². The van der Waals surface area contributed by atoms with Crippen molar-refractivity contribution in [1.82, 2.24) is 9.80 Å². The minimum absolute atomic E-state index is 0.000267. The van der Waals surface area contributed by atoms with E-state index in [9.17, 15) is 19.5 Å². The molecule has 4 rings (SSSR count). The molecule has 0 aliphatic carbocycles. The number of hydrogen-bond donors (Lipinski definition) is 1. The number of rotatable bonds is 18. The van der Waals surface area contributed by atoms with Gasteiger partial charge < -0.3 is 24.5 Å². The van der Waals surface area contributed by atoms with E-state index in [4.69, 9.17) is 4.74 Å². The van der Waals surface area contributed by atoms with Crippen molar-refractivity contribution in [2.45, 2.75) is 79.7 Å². The monoisotopic (exact) mass is 689 g/mol. The Balaban J connectivity index is 1.71. The molecule has 3 fully saturated rings. The largest absolute Gasteiger partial charge is 0.494 e. The molecule has 0 saturated carbocycles. The number of amides is 3. The van der Waals surface area contributed by atoms with Gasteiger partial charge in [-0.25, -0.2) is 0 Å². The molecule has 1 aromatic carbocycles. The van der Waals surface area contributed by atoms with Gasteiger partial charge in [0.25, 0.3) is 0 Å². The Bertz CT molecular complexity index is 1180. The number of fused-ring (bicyclic) bond motifs is 1. The minimum atomic E-state index is -0.692. The van der Waals surface area contributed by atoms with E-state index in [0.29, 0.717) is 39.2 Å². The van der Waals surface area contributed by atoms with Gasteiger partial charge in [-0.2, -0.15) is 0 Å². The molecule has 3 heterocycles. The fourth-order valence-corrected chi connectivity index (χ4v) is 10.8. The molecule has 242 valence electrons. The molecule has 3 amide bonds. The summed E-state index contributed by atoms with van der Waals surface area (Å²) in [6, 6.07) is 6.81. The van der Waals surface area contributed by atoms with Crippen LogP contribution in [0, 0.1) is 11.8 Å². The third-order valence-electron chi connectivity index (χ3n) is 9.10. The molecule has 1 aromatic rings. The van der Waals surface area contributed by atoms with Gasteiger partial charge in [0.05, 0.1) is 23.2 Å². The van der Waals surface area contributed by atoms with Crippen LogP contribution < -0.4 is 9.64 Å². The summed E-state index contributed by atoms with van der Waals surface area (Å²) in [4.78, 5) is 48.9. The van der Waals surface area contributed by atoms with Crippen LogP contribution in [-0.4, -0.2) is 92.9 Å². The van der Waals surface area contributed by atoms with E-state index in [1.165, 1.54) is 0 Å². The lowest BCUT2D eigenvalue weighted by molar-refractivity contribution is -0.142. The van der Waals surface area contributed by atoms with Crippen molar-refractivity contribution < 1.29 is 24.2 Å². The number of halogens is 1. The topological polar surface area (TPSA) is 90.4 Å². The molecule has 1 spiro atoms. The van der Waals surface area contributed by atoms with E-state index in [2.05, 4.69) is 36.0 Å². The summed E-state index contributed by atoms with van der Waals surface area (Å²) in [5.41, 5.74) is 0.724. The molecule has 8 nitrogen and oxygen atoms in total. The van der Waals surface area contributed by atoms with Gasteiger partial charge in [0.1, 0.15) is 11.8 Å². The quantitative estimate of drug-likeness (QED) is 0.126. The maximum Gasteiger partial charge on any atom is 0.247 e. The van der Waals surface area contributed by atoms with Gasteiger partial charge in [-0.3, -0.25) is 14.4 Å². The first-order chi connectivity index (χ1) is 21.3. The van der Waals surface area contributed by atoms with Crippen molar-refractivity contribution in [2.75, 3.05) is 44.3 Å². The van der Waals surface area contributed by atoms with Gasteiger partial charge in [0.2, 0.25) is 17.7 Å². The first-order valence-corrected chi connectivity index (χ1v) is 17.9. The van der Waals surface area contributed by atoms with Crippen LogP contribution in [0.15, 0.2) is 49.6 Å². The highest BCUT2D eigenvalue weighted by molar-refractivity contribution is 9.09. The Morgan fingerprint density at radius 3 is 2.43 bits per heavy atom. The van der Waals surface area contributed by atoms with E-state index >= 15 is 0 Å². The molecule has 3 saturated heterocycles. The molecule has 0 aromatic heterocycles. The van der Waals surface area contributed by atoms with Crippen LogP contribution >= 0.6 is 27.7 Å². The van der Waals surface area contributed by atoms with Gasteiger partial charge in [0, 0.05) is 48.6 Å².